The highest BCUT2D eigenvalue weighted by molar-refractivity contribution is 5.74. The summed E-state index contributed by atoms with van der Waals surface area (Å²) in [5.74, 6) is 0.537. The Kier molecular flexibility index (Phi) is 5.72. The third-order valence-corrected chi connectivity index (χ3v) is 5.83. The van der Waals surface area contributed by atoms with Crippen LogP contribution in [-0.2, 0) is 6.54 Å². The minimum Gasteiger partial charge on any atom is -0.338 e. The number of piperidine rings is 1. The van der Waals surface area contributed by atoms with Crippen LogP contribution in [0.4, 0.5) is 4.79 Å². The van der Waals surface area contributed by atoms with Gasteiger partial charge in [-0.25, -0.2) is 4.79 Å². The first kappa shape index (κ1) is 18.0. The van der Waals surface area contributed by atoms with Crippen molar-refractivity contribution in [2.75, 3.05) is 26.2 Å². The molecule has 1 aromatic carbocycles. The molecule has 0 bridgehead atoms. The summed E-state index contributed by atoms with van der Waals surface area (Å²) < 4.78 is 0. The molecule has 2 unspecified atom stereocenters. The Morgan fingerprint density at radius 2 is 2.07 bits per heavy atom. The average Bonchev–Trinajstić information content (AvgIpc) is 3.39. The van der Waals surface area contributed by atoms with Crippen LogP contribution < -0.4 is 5.32 Å². The minimum atomic E-state index is 0.0717. The van der Waals surface area contributed by atoms with Gasteiger partial charge in [-0.3, -0.25) is 10.00 Å². The SMILES string of the molecule is O=C(NCC1CCN(Cc2ccccc2)C1)N1CCCCC1c1cn[nH]c1. The molecular formula is C21H29N5O. The molecule has 0 saturated carbocycles. The molecule has 2 saturated heterocycles. The molecule has 0 aliphatic carbocycles. The first-order valence-electron chi connectivity index (χ1n) is 10.1. The number of H-pyrrole nitrogens is 1. The van der Waals surface area contributed by atoms with Crippen molar-refractivity contribution in [1.29, 1.82) is 0 Å². The third-order valence-electron chi connectivity index (χ3n) is 5.83. The lowest BCUT2D eigenvalue weighted by Gasteiger charge is -2.35. The second kappa shape index (κ2) is 8.57. The first-order valence-corrected chi connectivity index (χ1v) is 10.1. The van der Waals surface area contributed by atoms with Gasteiger partial charge in [-0.15, -0.1) is 0 Å². The average molecular weight is 367 g/mol. The van der Waals surface area contributed by atoms with Crippen LogP contribution in [0.3, 0.4) is 0 Å². The summed E-state index contributed by atoms with van der Waals surface area (Å²) in [6.07, 6.45) is 8.16. The number of hydrogen-bond donors (Lipinski definition) is 2. The molecule has 1 aromatic heterocycles. The second-order valence-electron chi connectivity index (χ2n) is 7.80. The predicted molar refractivity (Wildman–Crippen MR) is 105 cm³/mol. The van der Waals surface area contributed by atoms with Crippen LogP contribution in [0.15, 0.2) is 42.7 Å². The van der Waals surface area contributed by atoms with Crippen LogP contribution in [0, 0.1) is 5.92 Å². The molecule has 3 heterocycles. The topological polar surface area (TPSA) is 64.3 Å². The number of hydrogen-bond acceptors (Lipinski definition) is 3. The summed E-state index contributed by atoms with van der Waals surface area (Å²) in [7, 11) is 0. The fraction of sp³-hybridized carbons (Fsp3) is 0.524. The maximum atomic E-state index is 12.8. The zero-order chi connectivity index (χ0) is 18.5. The van der Waals surface area contributed by atoms with Crippen LogP contribution in [0.1, 0.15) is 42.9 Å². The number of benzene rings is 1. The maximum absolute atomic E-state index is 12.8. The number of nitrogens with zero attached hydrogens (tertiary/aromatic N) is 3. The molecule has 0 radical (unpaired) electrons. The Morgan fingerprint density at radius 1 is 1.19 bits per heavy atom. The molecule has 2 aromatic rings. The number of urea groups is 1. The van der Waals surface area contributed by atoms with Gasteiger partial charge in [0.2, 0.25) is 0 Å². The van der Waals surface area contributed by atoms with Crippen molar-refractivity contribution in [2.45, 2.75) is 38.3 Å². The Hall–Kier alpha value is -2.34. The van der Waals surface area contributed by atoms with E-state index in [0.29, 0.717) is 5.92 Å². The van der Waals surface area contributed by atoms with Crippen LogP contribution in [-0.4, -0.2) is 52.2 Å². The fourth-order valence-corrected chi connectivity index (χ4v) is 4.36. The fourth-order valence-electron chi connectivity index (χ4n) is 4.36. The van der Waals surface area contributed by atoms with E-state index in [2.05, 4.69) is 50.7 Å². The molecule has 2 aliphatic rings. The number of carbonyl (C=O) groups excluding carboxylic acids is 1. The summed E-state index contributed by atoms with van der Waals surface area (Å²) in [4.78, 5) is 17.3. The number of aromatic amines is 1. The number of likely N-dealkylation sites (tertiary alicyclic amines) is 2. The highest BCUT2D eigenvalue weighted by atomic mass is 16.2. The molecule has 6 nitrogen and oxygen atoms in total. The standard InChI is InChI=1S/C21H29N5O/c27-21(26-10-5-4-8-20(26)19-13-23-24-14-19)22-12-18-9-11-25(16-18)15-17-6-2-1-3-7-17/h1-3,6-7,13-14,18,20H,4-5,8-12,15-16H2,(H,22,27)(H,23,24). The zero-order valence-electron chi connectivity index (χ0n) is 15.8. The van der Waals surface area contributed by atoms with Crippen molar-refractivity contribution < 1.29 is 4.79 Å². The van der Waals surface area contributed by atoms with E-state index in [1.165, 1.54) is 5.56 Å². The van der Waals surface area contributed by atoms with E-state index in [1.54, 1.807) is 0 Å². The number of amides is 2. The minimum absolute atomic E-state index is 0.0717. The predicted octanol–water partition coefficient (Wildman–Crippen LogP) is 3.17. The van der Waals surface area contributed by atoms with Gasteiger partial charge in [0.15, 0.2) is 0 Å². The summed E-state index contributed by atoms with van der Waals surface area (Å²) >= 11 is 0. The molecule has 2 fully saturated rings. The van der Waals surface area contributed by atoms with Gasteiger partial charge in [0, 0.05) is 37.9 Å². The summed E-state index contributed by atoms with van der Waals surface area (Å²) in [5, 5.41) is 10.1. The lowest BCUT2D eigenvalue weighted by atomic mass is 9.98. The van der Waals surface area contributed by atoms with E-state index in [1.807, 2.05) is 17.3 Å². The first-order chi connectivity index (χ1) is 13.3. The Morgan fingerprint density at radius 3 is 2.89 bits per heavy atom. The summed E-state index contributed by atoms with van der Waals surface area (Å²) in [6, 6.07) is 10.8. The molecule has 4 rings (SSSR count). The molecule has 2 aliphatic heterocycles. The summed E-state index contributed by atoms with van der Waals surface area (Å²) in [6.45, 7) is 4.75. The lowest BCUT2D eigenvalue weighted by Crippen LogP contribution is -2.46. The van der Waals surface area contributed by atoms with Crippen molar-refractivity contribution >= 4 is 6.03 Å². The van der Waals surface area contributed by atoms with Crippen LogP contribution in [0.2, 0.25) is 0 Å². The van der Waals surface area contributed by atoms with E-state index >= 15 is 0 Å². The molecule has 27 heavy (non-hydrogen) atoms. The van der Waals surface area contributed by atoms with Gasteiger partial charge >= 0.3 is 6.03 Å². The quantitative estimate of drug-likeness (QED) is 0.853. The normalized spacial score (nSPS) is 23.5. The Balaban J connectivity index is 1.26. The molecular weight excluding hydrogens is 338 g/mol. The number of rotatable bonds is 5. The van der Waals surface area contributed by atoms with Crippen LogP contribution in [0.25, 0.3) is 0 Å². The largest absolute Gasteiger partial charge is 0.338 e. The van der Waals surface area contributed by atoms with Crippen molar-refractivity contribution in [3.8, 4) is 0 Å². The third kappa shape index (κ3) is 4.50. The van der Waals surface area contributed by atoms with Gasteiger partial charge in [0.1, 0.15) is 0 Å². The highest BCUT2D eigenvalue weighted by Crippen LogP contribution is 2.30. The van der Waals surface area contributed by atoms with Crippen LogP contribution >= 0.6 is 0 Å². The molecule has 6 heteroatoms. The zero-order valence-corrected chi connectivity index (χ0v) is 15.8. The van der Waals surface area contributed by atoms with Gasteiger partial charge in [-0.05, 0) is 43.7 Å². The number of carbonyl (C=O) groups is 1. The Labute approximate surface area is 160 Å². The van der Waals surface area contributed by atoms with Crippen molar-refractivity contribution in [3.05, 3.63) is 53.9 Å². The van der Waals surface area contributed by atoms with Crippen molar-refractivity contribution in [3.63, 3.8) is 0 Å². The van der Waals surface area contributed by atoms with Gasteiger partial charge in [0.25, 0.3) is 0 Å². The van der Waals surface area contributed by atoms with E-state index < -0.39 is 0 Å². The molecule has 144 valence electrons. The van der Waals surface area contributed by atoms with Gasteiger partial charge in [0.05, 0.1) is 12.2 Å². The van der Waals surface area contributed by atoms with Crippen molar-refractivity contribution in [1.82, 2.24) is 25.3 Å². The second-order valence-corrected chi connectivity index (χ2v) is 7.80. The van der Waals surface area contributed by atoms with E-state index in [0.717, 1.165) is 64.0 Å². The maximum Gasteiger partial charge on any atom is 0.317 e. The van der Waals surface area contributed by atoms with Gasteiger partial charge in [-0.2, -0.15) is 5.10 Å². The molecule has 0 spiro atoms. The highest BCUT2D eigenvalue weighted by Gasteiger charge is 2.29. The molecule has 2 atom stereocenters. The number of nitrogens with one attached hydrogen (secondary N) is 2. The van der Waals surface area contributed by atoms with Crippen LogP contribution in [0.5, 0.6) is 0 Å². The monoisotopic (exact) mass is 367 g/mol. The Bertz CT molecular complexity index is 717. The molecule has 2 N–H and O–H groups in total. The molecule has 2 amide bonds. The van der Waals surface area contributed by atoms with Gasteiger partial charge in [-0.1, -0.05) is 30.3 Å². The lowest BCUT2D eigenvalue weighted by molar-refractivity contribution is 0.150. The number of aromatic nitrogens is 2. The smallest absolute Gasteiger partial charge is 0.317 e. The van der Waals surface area contributed by atoms with E-state index in [9.17, 15) is 4.79 Å². The summed E-state index contributed by atoms with van der Waals surface area (Å²) in [5.41, 5.74) is 2.47. The van der Waals surface area contributed by atoms with Gasteiger partial charge < -0.3 is 10.2 Å². The van der Waals surface area contributed by atoms with Crippen molar-refractivity contribution in [2.24, 2.45) is 5.92 Å². The van der Waals surface area contributed by atoms with E-state index in [-0.39, 0.29) is 12.1 Å². The van der Waals surface area contributed by atoms with E-state index in [4.69, 9.17) is 0 Å².